The van der Waals surface area contributed by atoms with E-state index in [1.54, 1.807) is 0 Å². The third-order valence-corrected chi connectivity index (χ3v) is 2.15. The standard InChI is InChI=1S/C6H12N2O3S/c1-12(10,11)7-8-5-3-2-4-6(8)9/h7H,2-5H2,1H3. The smallest absolute Gasteiger partial charge is 0.237 e. The van der Waals surface area contributed by atoms with E-state index < -0.39 is 10.0 Å². The number of hydrogen-bond donors (Lipinski definition) is 1. The van der Waals surface area contributed by atoms with E-state index in [0.717, 1.165) is 19.1 Å². The van der Waals surface area contributed by atoms with Gasteiger partial charge in [0.1, 0.15) is 0 Å². The van der Waals surface area contributed by atoms with Crippen molar-refractivity contribution >= 4 is 15.9 Å². The molecule has 0 aromatic carbocycles. The first kappa shape index (κ1) is 9.47. The Bertz CT molecular complexity index is 273. The lowest BCUT2D eigenvalue weighted by atomic mass is 10.1. The molecule has 6 heteroatoms. The Labute approximate surface area is 71.8 Å². The van der Waals surface area contributed by atoms with Crippen LogP contribution in [0.4, 0.5) is 0 Å². The van der Waals surface area contributed by atoms with E-state index in [0.29, 0.717) is 13.0 Å². The predicted octanol–water partition coefficient (Wildman–Crippen LogP) is -0.537. The van der Waals surface area contributed by atoms with Crippen molar-refractivity contribution < 1.29 is 13.2 Å². The molecule has 0 aromatic heterocycles. The van der Waals surface area contributed by atoms with Crippen molar-refractivity contribution in [3.63, 3.8) is 0 Å². The first-order chi connectivity index (χ1) is 5.49. The lowest BCUT2D eigenvalue weighted by Gasteiger charge is -2.25. The van der Waals surface area contributed by atoms with Gasteiger partial charge in [-0.15, -0.1) is 4.83 Å². The van der Waals surface area contributed by atoms with Crippen molar-refractivity contribution in [1.82, 2.24) is 9.84 Å². The van der Waals surface area contributed by atoms with Crippen LogP contribution in [0.1, 0.15) is 19.3 Å². The molecular formula is C6H12N2O3S. The first-order valence-corrected chi connectivity index (χ1v) is 5.66. The average Bonchev–Trinajstić information content (AvgIpc) is 1.91. The Balaban J connectivity index is 2.56. The van der Waals surface area contributed by atoms with Gasteiger partial charge in [-0.05, 0) is 12.8 Å². The van der Waals surface area contributed by atoms with Gasteiger partial charge in [0.25, 0.3) is 0 Å². The van der Waals surface area contributed by atoms with Crippen LogP contribution in [0.5, 0.6) is 0 Å². The summed E-state index contributed by atoms with van der Waals surface area (Å²) in [6, 6.07) is 0. The SMILES string of the molecule is CS(=O)(=O)NN1CCCCC1=O. The molecule has 0 saturated carbocycles. The van der Waals surface area contributed by atoms with E-state index in [-0.39, 0.29) is 5.91 Å². The zero-order valence-electron chi connectivity index (χ0n) is 6.91. The number of hydrogen-bond acceptors (Lipinski definition) is 3. The molecule has 70 valence electrons. The number of carbonyl (C=O) groups is 1. The molecule has 1 saturated heterocycles. The molecule has 1 N–H and O–H groups in total. The zero-order valence-corrected chi connectivity index (χ0v) is 7.73. The molecule has 12 heavy (non-hydrogen) atoms. The van der Waals surface area contributed by atoms with Crippen molar-refractivity contribution in [2.45, 2.75) is 19.3 Å². The number of carbonyl (C=O) groups excluding carboxylic acids is 1. The maximum atomic E-state index is 11.1. The molecule has 1 fully saturated rings. The quantitative estimate of drug-likeness (QED) is 0.639. The monoisotopic (exact) mass is 192 g/mol. The van der Waals surface area contributed by atoms with Crippen molar-refractivity contribution in [1.29, 1.82) is 0 Å². The molecule has 1 aliphatic rings. The molecule has 0 atom stereocenters. The summed E-state index contributed by atoms with van der Waals surface area (Å²) in [6.45, 7) is 0.478. The van der Waals surface area contributed by atoms with Crippen LogP contribution in [0.25, 0.3) is 0 Å². The van der Waals surface area contributed by atoms with Gasteiger partial charge in [-0.1, -0.05) is 0 Å². The first-order valence-electron chi connectivity index (χ1n) is 3.77. The third kappa shape index (κ3) is 2.78. The van der Waals surface area contributed by atoms with E-state index in [2.05, 4.69) is 4.83 Å². The lowest BCUT2D eigenvalue weighted by Crippen LogP contribution is -2.47. The second-order valence-electron chi connectivity index (χ2n) is 2.87. The fraction of sp³-hybridized carbons (Fsp3) is 0.833. The van der Waals surface area contributed by atoms with E-state index in [1.165, 1.54) is 5.01 Å². The number of sulfonamides is 1. The van der Waals surface area contributed by atoms with Gasteiger partial charge in [-0.25, -0.2) is 8.42 Å². The Morgan fingerprint density at radius 1 is 1.42 bits per heavy atom. The van der Waals surface area contributed by atoms with Gasteiger partial charge in [-0.3, -0.25) is 9.80 Å². The second-order valence-corrected chi connectivity index (χ2v) is 4.59. The summed E-state index contributed by atoms with van der Waals surface area (Å²) in [5, 5.41) is 1.17. The van der Waals surface area contributed by atoms with E-state index in [4.69, 9.17) is 0 Å². The van der Waals surface area contributed by atoms with Crippen LogP contribution in [-0.2, 0) is 14.8 Å². The molecule has 1 amide bonds. The van der Waals surface area contributed by atoms with E-state index in [1.807, 2.05) is 0 Å². The number of nitrogens with one attached hydrogen (secondary N) is 1. The number of amides is 1. The van der Waals surface area contributed by atoms with Crippen LogP contribution in [0, 0.1) is 0 Å². The fourth-order valence-electron chi connectivity index (χ4n) is 1.10. The number of piperidine rings is 1. The minimum absolute atomic E-state index is 0.147. The number of hydrazine groups is 1. The van der Waals surface area contributed by atoms with Gasteiger partial charge in [0.05, 0.1) is 6.26 Å². The predicted molar refractivity (Wildman–Crippen MR) is 43.5 cm³/mol. The molecule has 5 nitrogen and oxygen atoms in total. The Kier molecular flexibility index (Phi) is 2.69. The summed E-state index contributed by atoms with van der Waals surface area (Å²) in [7, 11) is -3.30. The van der Waals surface area contributed by atoms with Crippen molar-refractivity contribution in [2.75, 3.05) is 12.8 Å². The average molecular weight is 192 g/mol. The normalized spacial score (nSPS) is 19.8. The minimum Gasteiger partial charge on any atom is -0.273 e. The highest BCUT2D eigenvalue weighted by Gasteiger charge is 2.20. The highest BCUT2D eigenvalue weighted by atomic mass is 32.2. The Morgan fingerprint density at radius 2 is 2.08 bits per heavy atom. The maximum Gasteiger partial charge on any atom is 0.237 e. The molecule has 1 heterocycles. The third-order valence-electron chi connectivity index (χ3n) is 1.60. The van der Waals surface area contributed by atoms with Crippen LogP contribution >= 0.6 is 0 Å². The fourth-order valence-corrected chi connectivity index (χ4v) is 1.70. The summed E-state index contributed by atoms with van der Waals surface area (Å²) < 4.78 is 21.5. The number of rotatable bonds is 2. The molecule has 1 rings (SSSR count). The van der Waals surface area contributed by atoms with E-state index >= 15 is 0 Å². The van der Waals surface area contributed by atoms with Crippen LogP contribution in [0.2, 0.25) is 0 Å². The van der Waals surface area contributed by atoms with Crippen molar-refractivity contribution in [3.05, 3.63) is 0 Å². The zero-order chi connectivity index (χ0) is 9.19. The van der Waals surface area contributed by atoms with Gasteiger partial charge in [0.15, 0.2) is 0 Å². The minimum atomic E-state index is -3.30. The molecule has 0 aliphatic carbocycles. The summed E-state index contributed by atoms with van der Waals surface area (Å²) in [5.74, 6) is -0.147. The van der Waals surface area contributed by atoms with Crippen LogP contribution in [0.3, 0.4) is 0 Å². The van der Waals surface area contributed by atoms with Gasteiger partial charge < -0.3 is 0 Å². The van der Waals surface area contributed by atoms with E-state index in [9.17, 15) is 13.2 Å². The molecule has 0 unspecified atom stereocenters. The molecule has 0 radical (unpaired) electrons. The number of nitrogens with zero attached hydrogens (tertiary/aromatic N) is 1. The van der Waals surface area contributed by atoms with Gasteiger partial charge >= 0.3 is 0 Å². The summed E-state index contributed by atoms with van der Waals surface area (Å²) >= 11 is 0. The molecule has 0 spiro atoms. The van der Waals surface area contributed by atoms with Crippen LogP contribution in [0.15, 0.2) is 0 Å². The van der Waals surface area contributed by atoms with Crippen molar-refractivity contribution in [3.8, 4) is 0 Å². The summed E-state index contributed by atoms with van der Waals surface area (Å²) in [6.07, 6.45) is 3.17. The largest absolute Gasteiger partial charge is 0.273 e. The Morgan fingerprint density at radius 3 is 2.58 bits per heavy atom. The van der Waals surface area contributed by atoms with Crippen LogP contribution < -0.4 is 4.83 Å². The molecular weight excluding hydrogens is 180 g/mol. The highest BCUT2D eigenvalue weighted by Crippen LogP contribution is 2.07. The van der Waals surface area contributed by atoms with Gasteiger partial charge in [-0.2, -0.15) is 0 Å². The van der Waals surface area contributed by atoms with Crippen LogP contribution in [-0.4, -0.2) is 32.1 Å². The molecule has 0 aromatic rings. The second kappa shape index (κ2) is 3.40. The highest BCUT2D eigenvalue weighted by molar-refractivity contribution is 7.88. The summed E-state index contributed by atoms with van der Waals surface area (Å²) in [4.78, 5) is 13.2. The maximum absolute atomic E-state index is 11.1. The summed E-state index contributed by atoms with van der Waals surface area (Å²) in [5.41, 5.74) is 0. The Hall–Kier alpha value is -0.620. The molecule has 1 aliphatic heterocycles. The van der Waals surface area contributed by atoms with Gasteiger partial charge in [0, 0.05) is 13.0 Å². The van der Waals surface area contributed by atoms with Crippen molar-refractivity contribution in [2.24, 2.45) is 0 Å². The topological polar surface area (TPSA) is 66.5 Å². The molecule has 0 bridgehead atoms. The lowest BCUT2D eigenvalue weighted by molar-refractivity contribution is -0.134. The van der Waals surface area contributed by atoms with Gasteiger partial charge in [0.2, 0.25) is 15.9 Å².